The lowest BCUT2D eigenvalue weighted by atomic mass is 10.1. The van der Waals surface area contributed by atoms with Gasteiger partial charge in [-0.25, -0.2) is 10.4 Å². The number of nitrogens with zero attached hydrogens (tertiary/aromatic N) is 5. The van der Waals surface area contributed by atoms with Crippen molar-refractivity contribution in [1.29, 1.82) is 0 Å². The molecular formula is C16H21ClN6OS. The number of carbonyl (C=O) groups excluding carboxylic acids is 1. The first kappa shape index (κ1) is 17.9. The highest BCUT2D eigenvalue weighted by molar-refractivity contribution is 7.17. The third-order valence-electron chi connectivity index (χ3n) is 3.99. The van der Waals surface area contributed by atoms with E-state index >= 15 is 0 Å². The molecule has 0 aliphatic carbocycles. The molecule has 0 spiro atoms. The Kier molecular flexibility index (Phi) is 5.70. The van der Waals surface area contributed by atoms with Crippen LogP contribution < -0.4 is 10.3 Å². The highest BCUT2D eigenvalue weighted by atomic mass is 35.5. The Morgan fingerprint density at radius 3 is 2.84 bits per heavy atom. The van der Waals surface area contributed by atoms with E-state index in [9.17, 15) is 4.79 Å². The van der Waals surface area contributed by atoms with Crippen LogP contribution in [0.25, 0.3) is 0 Å². The first-order chi connectivity index (χ1) is 12.0. The summed E-state index contributed by atoms with van der Waals surface area (Å²) in [5.41, 5.74) is 4.33. The van der Waals surface area contributed by atoms with Gasteiger partial charge in [-0.15, -0.1) is 0 Å². The van der Waals surface area contributed by atoms with Crippen LogP contribution in [-0.4, -0.2) is 40.0 Å². The number of halogens is 1. The fourth-order valence-corrected chi connectivity index (χ4v) is 3.95. The van der Waals surface area contributed by atoms with E-state index in [0.717, 1.165) is 34.5 Å². The van der Waals surface area contributed by atoms with Crippen molar-refractivity contribution in [3.63, 3.8) is 0 Å². The van der Waals surface area contributed by atoms with Gasteiger partial charge >= 0.3 is 0 Å². The van der Waals surface area contributed by atoms with Crippen LogP contribution in [0.15, 0.2) is 11.2 Å². The van der Waals surface area contributed by atoms with Gasteiger partial charge in [-0.3, -0.25) is 9.48 Å². The van der Waals surface area contributed by atoms with Gasteiger partial charge in [-0.2, -0.15) is 10.2 Å². The maximum atomic E-state index is 12.0. The molecule has 0 aromatic carbocycles. The van der Waals surface area contributed by atoms with Gasteiger partial charge in [-0.1, -0.05) is 22.9 Å². The van der Waals surface area contributed by atoms with Crippen LogP contribution >= 0.6 is 22.9 Å². The second-order valence-corrected chi connectivity index (χ2v) is 7.44. The fourth-order valence-electron chi connectivity index (χ4n) is 2.77. The van der Waals surface area contributed by atoms with Gasteiger partial charge in [0.15, 0.2) is 10.3 Å². The molecule has 134 valence electrons. The lowest BCUT2D eigenvalue weighted by Crippen LogP contribution is -2.29. The zero-order valence-electron chi connectivity index (χ0n) is 14.3. The number of nitrogens with one attached hydrogen (secondary N) is 1. The number of piperidine rings is 1. The van der Waals surface area contributed by atoms with Crippen LogP contribution in [0.1, 0.15) is 35.5 Å². The summed E-state index contributed by atoms with van der Waals surface area (Å²) in [6.45, 7) is 5.97. The van der Waals surface area contributed by atoms with Gasteiger partial charge in [0, 0.05) is 18.8 Å². The first-order valence-electron chi connectivity index (χ1n) is 8.27. The Labute approximate surface area is 155 Å². The molecule has 1 aliphatic heterocycles. The summed E-state index contributed by atoms with van der Waals surface area (Å²) in [7, 11) is 0. The third kappa shape index (κ3) is 4.58. The molecule has 1 aliphatic rings. The number of hydrogen-bond donors (Lipinski definition) is 1. The van der Waals surface area contributed by atoms with E-state index in [4.69, 9.17) is 11.6 Å². The first-order valence-corrected chi connectivity index (χ1v) is 9.46. The van der Waals surface area contributed by atoms with E-state index in [1.165, 1.54) is 30.6 Å². The lowest BCUT2D eigenvalue weighted by molar-refractivity contribution is -0.121. The minimum Gasteiger partial charge on any atom is -0.348 e. The molecule has 2 aromatic rings. The summed E-state index contributed by atoms with van der Waals surface area (Å²) in [5, 5.41) is 9.59. The van der Waals surface area contributed by atoms with Crippen molar-refractivity contribution in [2.75, 3.05) is 18.0 Å². The normalized spacial score (nSPS) is 15.1. The molecule has 1 amide bonds. The van der Waals surface area contributed by atoms with Gasteiger partial charge in [0.25, 0.3) is 5.91 Å². The number of hydrogen-bond acceptors (Lipinski definition) is 6. The van der Waals surface area contributed by atoms with Gasteiger partial charge in [0.2, 0.25) is 0 Å². The molecule has 3 rings (SSSR count). The molecular weight excluding hydrogens is 360 g/mol. The Morgan fingerprint density at radius 1 is 1.40 bits per heavy atom. The van der Waals surface area contributed by atoms with Crippen molar-refractivity contribution in [3.8, 4) is 0 Å². The van der Waals surface area contributed by atoms with Crippen LogP contribution in [0, 0.1) is 13.8 Å². The smallest absolute Gasteiger partial charge is 0.261 e. The van der Waals surface area contributed by atoms with Crippen LogP contribution in [-0.2, 0) is 11.3 Å². The summed E-state index contributed by atoms with van der Waals surface area (Å²) < 4.78 is 1.65. The third-order valence-corrected chi connectivity index (χ3v) is 5.44. The van der Waals surface area contributed by atoms with Crippen LogP contribution in [0.4, 0.5) is 5.13 Å². The number of amides is 1. The molecule has 1 fully saturated rings. The molecule has 2 aromatic heterocycles. The number of hydrazone groups is 1. The average Bonchev–Trinajstić information content (AvgIpc) is 3.10. The number of thiazole rings is 1. The summed E-state index contributed by atoms with van der Waals surface area (Å²) in [6, 6.07) is 1.93. The minimum atomic E-state index is -0.237. The molecule has 25 heavy (non-hydrogen) atoms. The van der Waals surface area contributed by atoms with Crippen molar-refractivity contribution in [1.82, 2.24) is 20.2 Å². The maximum Gasteiger partial charge on any atom is 0.261 e. The van der Waals surface area contributed by atoms with E-state index < -0.39 is 0 Å². The van der Waals surface area contributed by atoms with Gasteiger partial charge in [0.05, 0.1) is 16.8 Å². The van der Waals surface area contributed by atoms with Crippen molar-refractivity contribution in [3.05, 3.63) is 27.5 Å². The Morgan fingerprint density at radius 2 is 2.16 bits per heavy atom. The number of carbonyl (C=O) groups is 1. The van der Waals surface area contributed by atoms with E-state index in [1.54, 1.807) is 10.9 Å². The van der Waals surface area contributed by atoms with Crippen molar-refractivity contribution in [2.24, 2.45) is 5.10 Å². The molecule has 0 saturated carbocycles. The van der Waals surface area contributed by atoms with E-state index in [0.29, 0.717) is 5.15 Å². The predicted molar refractivity (Wildman–Crippen MR) is 101 cm³/mol. The summed E-state index contributed by atoms with van der Waals surface area (Å²) >= 11 is 7.68. The molecule has 0 bridgehead atoms. The van der Waals surface area contributed by atoms with Gasteiger partial charge in [0.1, 0.15) is 6.54 Å². The van der Waals surface area contributed by atoms with Gasteiger partial charge < -0.3 is 4.90 Å². The minimum absolute atomic E-state index is 0.131. The Balaban J connectivity index is 1.57. The standard InChI is InChI=1S/C16H21ClN6OS/c1-11-8-12(2)23(21-11)10-14(24)20-18-9-13-15(17)19-16(25-13)22-6-4-3-5-7-22/h8-9H,3-7,10H2,1-2H3,(H,20,24)/b18-9-. The largest absolute Gasteiger partial charge is 0.348 e. The Bertz CT molecular complexity index is 778. The predicted octanol–water partition coefficient (Wildman–Crippen LogP) is 2.75. The molecule has 9 heteroatoms. The molecule has 3 heterocycles. The highest BCUT2D eigenvalue weighted by Gasteiger charge is 2.16. The molecule has 0 atom stereocenters. The second-order valence-electron chi connectivity index (χ2n) is 6.08. The maximum absolute atomic E-state index is 12.0. The quantitative estimate of drug-likeness (QED) is 0.639. The summed E-state index contributed by atoms with van der Waals surface area (Å²) in [4.78, 5) is 19.4. The number of rotatable bonds is 5. The fraction of sp³-hybridized carbons (Fsp3) is 0.500. The van der Waals surface area contributed by atoms with Crippen LogP contribution in [0.2, 0.25) is 5.15 Å². The van der Waals surface area contributed by atoms with E-state index in [-0.39, 0.29) is 12.5 Å². The highest BCUT2D eigenvalue weighted by Crippen LogP contribution is 2.30. The number of anilines is 1. The zero-order valence-corrected chi connectivity index (χ0v) is 15.9. The van der Waals surface area contributed by atoms with Crippen LogP contribution in [0.5, 0.6) is 0 Å². The van der Waals surface area contributed by atoms with Crippen molar-refractivity contribution < 1.29 is 4.79 Å². The molecule has 1 saturated heterocycles. The Hall–Kier alpha value is -1.93. The van der Waals surface area contributed by atoms with Gasteiger partial charge in [-0.05, 0) is 39.2 Å². The number of aromatic nitrogens is 3. The monoisotopic (exact) mass is 380 g/mol. The molecule has 0 radical (unpaired) electrons. The number of aryl methyl sites for hydroxylation is 2. The second kappa shape index (κ2) is 7.97. The van der Waals surface area contributed by atoms with Crippen LogP contribution in [0.3, 0.4) is 0 Å². The van der Waals surface area contributed by atoms with E-state index in [2.05, 4.69) is 25.5 Å². The topological polar surface area (TPSA) is 75.4 Å². The molecule has 1 N–H and O–H groups in total. The van der Waals surface area contributed by atoms with Crippen molar-refractivity contribution in [2.45, 2.75) is 39.7 Å². The molecule has 7 nitrogen and oxygen atoms in total. The summed E-state index contributed by atoms with van der Waals surface area (Å²) in [5.74, 6) is -0.237. The van der Waals surface area contributed by atoms with Crippen molar-refractivity contribution >= 4 is 40.2 Å². The summed E-state index contributed by atoms with van der Waals surface area (Å²) in [6.07, 6.45) is 5.18. The SMILES string of the molecule is Cc1cc(C)n(CC(=O)N/N=C\c2sc(N3CCCCC3)nc2Cl)n1. The zero-order chi connectivity index (χ0) is 17.8. The average molecular weight is 381 g/mol. The lowest BCUT2D eigenvalue weighted by Gasteiger charge is -2.25. The van der Waals surface area contributed by atoms with E-state index in [1.807, 2.05) is 19.9 Å². The molecule has 0 unspecified atom stereocenters.